The van der Waals surface area contributed by atoms with Gasteiger partial charge in [-0.1, -0.05) is 68.2 Å². The van der Waals surface area contributed by atoms with Crippen molar-refractivity contribution in [2.75, 3.05) is 6.61 Å². The van der Waals surface area contributed by atoms with E-state index in [4.69, 9.17) is 4.74 Å². The highest BCUT2D eigenvalue weighted by Crippen LogP contribution is 2.20. The van der Waals surface area contributed by atoms with Gasteiger partial charge in [-0.3, -0.25) is 0 Å². The zero-order valence-electron chi connectivity index (χ0n) is 10.9. The molecule has 0 heterocycles. The minimum atomic E-state index is -1.22. The predicted octanol–water partition coefficient (Wildman–Crippen LogP) is 2.22. The van der Waals surface area contributed by atoms with Gasteiger partial charge in [0.15, 0.2) is 0 Å². The first kappa shape index (κ1) is 13.6. The zero-order valence-corrected chi connectivity index (χ0v) is 11.9. The largest absolute Gasteiger partial charge is 0.463 e. The van der Waals surface area contributed by atoms with Gasteiger partial charge in [-0.15, -0.1) is 0 Å². The number of ether oxygens (including phenoxy) is 1. The summed E-state index contributed by atoms with van der Waals surface area (Å²) in [6.07, 6.45) is 0. The quantitative estimate of drug-likeness (QED) is 0.630. The lowest BCUT2D eigenvalue weighted by Crippen LogP contribution is -2.13. The van der Waals surface area contributed by atoms with Crippen LogP contribution in [0.3, 0.4) is 0 Å². The topological polar surface area (TPSA) is 26.3 Å². The molecule has 0 unspecified atom stereocenters. The van der Waals surface area contributed by atoms with Crippen LogP contribution >= 0.6 is 7.55 Å². The number of carbonyl (C=O) groups excluding carboxylic acids is 1. The van der Waals surface area contributed by atoms with E-state index < -0.39 is 7.55 Å². The van der Waals surface area contributed by atoms with Crippen LogP contribution in [0.2, 0.25) is 0 Å². The van der Waals surface area contributed by atoms with Crippen molar-refractivity contribution in [3.8, 4) is 0 Å². The fraction of sp³-hybridized carbons (Fsp3) is 0.125. The summed E-state index contributed by atoms with van der Waals surface area (Å²) in [4.78, 5) is 11.7. The summed E-state index contributed by atoms with van der Waals surface area (Å²) in [5.74, 6) is 1.50. The van der Waals surface area contributed by atoms with Gasteiger partial charge in [0.05, 0.1) is 6.61 Å². The van der Waals surface area contributed by atoms with Crippen molar-refractivity contribution < 1.29 is 9.53 Å². The van der Waals surface area contributed by atoms with Crippen molar-refractivity contribution >= 4 is 29.9 Å². The van der Waals surface area contributed by atoms with E-state index in [2.05, 4.69) is 24.3 Å². The Bertz CT molecular complexity index is 520. The Labute approximate surface area is 114 Å². The van der Waals surface area contributed by atoms with E-state index in [0.717, 1.165) is 0 Å². The van der Waals surface area contributed by atoms with E-state index in [-0.39, 0.29) is 5.97 Å². The molecule has 0 fully saturated rings. The van der Waals surface area contributed by atoms with Gasteiger partial charge in [0, 0.05) is 5.80 Å². The molecule has 0 aliphatic rings. The summed E-state index contributed by atoms with van der Waals surface area (Å²) < 4.78 is 5.05. The third-order valence-corrected chi connectivity index (χ3v) is 5.15. The maximum atomic E-state index is 11.7. The van der Waals surface area contributed by atoms with Gasteiger partial charge in [-0.05, 0) is 17.5 Å². The summed E-state index contributed by atoms with van der Waals surface area (Å²) in [5.41, 5.74) is 0. The molecule has 0 bridgehead atoms. The highest BCUT2D eigenvalue weighted by atomic mass is 31.1. The maximum Gasteiger partial charge on any atom is 0.331 e. The molecular formula is C16H17O2P. The lowest BCUT2D eigenvalue weighted by Gasteiger charge is -2.09. The first-order valence-electron chi connectivity index (χ1n) is 6.30. The molecule has 2 rings (SSSR count). The van der Waals surface area contributed by atoms with Gasteiger partial charge in [-0.2, -0.15) is 0 Å². The van der Waals surface area contributed by atoms with Crippen molar-refractivity contribution in [2.45, 2.75) is 6.92 Å². The summed E-state index contributed by atoms with van der Waals surface area (Å²) >= 11 is 0. The Morgan fingerprint density at radius 1 is 1.00 bits per heavy atom. The van der Waals surface area contributed by atoms with Crippen LogP contribution in [0.15, 0.2) is 60.7 Å². The van der Waals surface area contributed by atoms with Gasteiger partial charge in [0.2, 0.25) is 0 Å². The van der Waals surface area contributed by atoms with E-state index in [9.17, 15) is 4.79 Å². The molecular weight excluding hydrogens is 255 g/mol. The van der Waals surface area contributed by atoms with E-state index >= 15 is 0 Å². The third kappa shape index (κ3) is 3.84. The molecule has 2 aromatic carbocycles. The lowest BCUT2D eigenvalue weighted by molar-refractivity contribution is -0.134. The number of hydrogen-bond donors (Lipinski definition) is 0. The second-order valence-corrected chi connectivity index (χ2v) is 6.31. The molecule has 0 atom stereocenters. The fourth-order valence-electron chi connectivity index (χ4n) is 1.87. The zero-order chi connectivity index (χ0) is 13.5. The van der Waals surface area contributed by atoms with Crippen molar-refractivity contribution in [3.05, 3.63) is 60.7 Å². The number of hydrogen-bond acceptors (Lipinski definition) is 2. The van der Waals surface area contributed by atoms with Crippen LogP contribution in [0, 0.1) is 0 Å². The summed E-state index contributed by atoms with van der Waals surface area (Å²) in [6, 6.07) is 20.2. The van der Waals surface area contributed by atoms with Gasteiger partial charge in [0.25, 0.3) is 0 Å². The van der Waals surface area contributed by atoms with Gasteiger partial charge >= 0.3 is 5.97 Å². The highest BCUT2D eigenvalue weighted by Gasteiger charge is 2.06. The SMILES string of the molecule is CCOC(=O)C=[PH](c1ccccc1)c1ccccc1. The summed E-state index contributed by atoms with van der Waals surface area (Å²) in [6.45, 7) is 2.23. The molecule has 0 aliphatic carbocycles. The molecule has 0 aromatic heterocycles. The van der Waals surface area contributed by atoms with E-state index in [1.165, 1.54) is 10.6 Å². The second-order valence-electron chi connectivity index (χ2n) is 4.04. The van der Waals surface area contributed by atoms with Crippen molar-refractivity contribution in [3.63, 3.8) is 0 Å². The van der Waals surface area contributed by atoms with Crippen LogP contribution in [0.5, 0.6) is 0 Å². The highest BCUT2D eigenvalue weighted by molar-refractivity contribution is 7.73. The van der Waals surface area contributed by atoms with Crippen LogP contribution < -0.4 is 10.6 Å². The average Bonchev–Trinajstić information content (AvgIpc) is 2.47. The third-order valence-electron chi connectivity index (χ3n) is 2.72. The Balaban J connectivity index is 2.43. The van der Waals surface area contributed by atoms with Crippen LogP contribution in [0.25, 0.3) is 0 Å². The minimum absolute atomic E-state index is 0.232. The van der Waals surface area contributed by atoms with Gasteiger partial charge in [-0.25, -0.2) is 4.79 Å². The average molecular weight is 272 g/mol. The number of carbonyl (C=O) groups is 1. The molecule has 19 heavy (non-hydrogen) atoms. The molecule has 2 aromatic rings. The molecule has 0 amide bonds. The number of benzene rings is 2. The molecule has 0 N–H and O–H groups in total. The first-order valence-corrected chi connectivity index (χ1v) is 7.88. The van der Waals surface area contributed by atoms with E-state index in [1.54, 1.807) is 5.80 Å². The Hall–Kier alpha value is -1.79. The smallest absolute Gasteiger partial charge is 0.331 e. The standard InChI is InChI=1S/C16H17O2P/c1-2-18-16(17)13-19(14-9-5-3-6-10-14)15-11-7-4-8-12-15/h3-13,19H,2H2,1H3. The number of esters is 1. The molecule has 0 saturated heterocycles. The normalized spacial score (nSPS) is 10.2. The van der Waals surface area contributed by atoms with Crippen LogP contribution in [0.1, 0.15) is 6.92 Å². The molecule has 0 radical (unpaired) electrons. The predicted molar refractivity (Wildman–Crippen MR) is 83.2 cm³/mol. The molecule has 0 spiro atoms. The molecule has 0 aliphatic heterocycles. The second kappa shape index (κ2) is 6.96. The number of rotatable bonds is 4. The summed E-state index contributed by atoms with van der Waals surface area (Å²) in [7, 11) is -1.22. The van der Waals surface area contributed by atoms with Crippen molar-refractivity contribution in [2.24, 2.45) is 0 Å². The van der Waals surface area contributed by atoms with Crippen LogP contribution in [-0.2, 0) is 9.53 Å². The maximum absolute atomic E-state index is 11.7. The van der Waals surface area contributed by atoms with Crippen LogP contribution in [-0.4, -0.2) is 18.4 Å². The molecule has 2 nitrogen and oxygen atoms in total. The van der Waals surface area contributed by atoms with Crippen molar-refractivity contribution in [1.82, 2.24) is 0 Å². The lowest BCUT2D eigenvalue weighted by atomic mass is 10.4. The Morgan fingerprint density at radius 3 is 1.89 bits per heavy atom. The van der Waals surface area contributed by atoms with Crippen LogP contribution in [0.4, 0.5) is 0 Å². The fourth-order valence-corrected chi connectivity index (χ4v) is 3.96. The first-order chi connectivity index (χ1) is 9.31. The van der Waals surface area contributed by atoms with Gasteiger partial charge < -0.3 is 4.74 Å². The van der Waals surface area contributed by atoms with Gasteiger partial charge in [0.1, 0.15) is 0 Å². The summed E-state index contributed by atoms with van der Waals surface area (Å²) in [5, 5.41) is 2.37. The molecule has 98 valence electrons. The molecule has 3 heteroatoms. The van der Waals surface area contributed by atoms with Crippen molar-refractivity contribution in [1.29, 1.82) is 0 Å². The Morgan fingerprint density at radius 2 is 1.47 bits per heavy atom. The van der Waals surface area contributed by atoms with E-state index in [0.29, 0.717) is 6.61 Å². The van der Waals surface area contributed by atoms with E-state index in [1.807, 2.05) is 43.3 Å². The monoisotopic (exact) mass is 272 g/mol. The molecule has 0 saturated carbocycles. The Kier molecular flexibility index (Phi) is 5.00. The minimum Gasteiger partial charge on any atom is -0.463 e.